The lowest BCUT2D eigenvalue weighted by molar-refractivity contribution is -0.140. The zero-order valence-corrected chi connectivity index (χ0v) is 16.8. The number of benzene rings is 1. The highest BCUT2D eigenvalue weighted by atomic mass is 32.2. The molecule has 0 unspecified atom stereocenters. The molecule has 1 aliphatic carbocycles. The van der Waals surface area contributed by atoms with Crippen LogP contribution < -0.4 is 4.72 Å². The maximum Gasteiger partial charge on any atom is 0.325 e. The summed E-state index contributed by atoms with van der Waals surface area (Å²) in [6, 6.07) is 12.2. The molecule has 1 fully saturated rings. The van der Waals surface area contributed by atoms with E-state index in [9.17, 15) is 18.3 Å². The molecule has 2 heterocycles. The number of nitrogens with zero attached hydrogens (tertiary/aromatic N) is 3. The number of rotatable bonds is 6. The van der Waals surface area contributed by atoms with Gasteiger partial charge in [-0.1, -0.05) is 42.5 Å². The van der Waals surface area contributed by atoms with Crippen LogP contribution in [0.25, 0.3) is 10.6 Å². The van der Waals surface area contributed by atoms with Crippen LogP contribution in [0.4, 0.5) is 0 Å². The van der Waals surface area contributed by atoms with Crippen LogP contribution in [-0.2, 0) is 27.3 Å². The molecule has 0 aliphatic heterocycles. The first-order chi connectivity index (χ1) is 13.2. The molecule has 2 aromatic heterocycles. The van der Waals surface area contributed by atoms with Crippen molar-refractivity contribution in [2.24, 2.45) is 7.05 Å². The Balaban J connectivity index is 1.65. The highest BCUT2D eigenvalue weighted by molar-refractivity contribution is 7.91. The van der Waals surface area contributed by atoms with Gasteiger partial charge >= 0.3 is 5.97 Å². The number of hydrogen-bond donors (Lipinski definition) is 2. The molecule has 0 saturated heterocycles. The number of aromatic nitrogens is 3. The molecule has 1 aliphatic rings. The zero-order valence-electron chi connectivity index (χ0n) is 15.2. The predicted molar refractivity (Wildman–Crippen MR) is 103 cm³/mol. The van der Waals surface area contributed by atoms with Crippen LogP contribution in [0.15, 0.2) is 52.9 Å². The monoisotopic (exact) mass is 418 g/mol. The maximum absolute atomic E-state index is 13.0. The molecule has 0 spiro atoms. The van der Waals surface area contributed by atoms with Gasteiger partial charge in [0.25, 0.3) is 10.0 Å². The average Bonchev–Trinajstić information content (AvgIpc) is 3.04. The van der Waals surface area contributed by atoms with Crippen molar-refractivity contribution in [2.45, 2.75) is 28.5 Å². The number of carbonyl (C=O) groups is 1. The fourth-order valence-corrected chi connectivity index (χ4v) is 6.20. The van der Waals surface area contributed by atoms with Crippen LogP contribution in [0, 0.1) is 0 Å². The Labute approximate surface area is 165 Å². The SMILES string of the molecule is Cn1cc(-c2ccc(S(=O)(=O)N[C@@]3(C(=O)O)C[C@]3(C)c3ccccc3)s2)nn1. The standard InChI is InChI=1S/C18H18N4O4S2/c1-17(12-6-4-3-5-7-12)11-18(17,16(23)24)20-28(25,26)15-9-8-14(27-15)13-10-22(2)21-19-13/h3-10,20H,11H2,1-2H3,(H,23,24)/t17-,18-/m1/s1. The molecule has 2 N–H and O–H groups in total. The number of sulfonamides is 1. The van der Waals surface area contributed by atoms with Crippen molar-refractivity contribution in [1.29, 1.82) is 0 Å². The number of carboxylic acid groups (broad SMARTS) is 1. The lowest BCUT2D eigenvalue weighted by Crippen LogP contribution is -2.47. The predicted octanol–water partition coefficient (Wildman–Crippen LogP) is 2.01. The van der Waals surface area contributed by atoms with Crippen molar-refractivity contribution in [3.63, 3.8) is 0 Å². The fraction of sp³-hybridized carbons (Fsp3) is 0.278. The first kappa shape index (κ1) is 18.8. The number of nitrogens with one attached hydrogen (secondary N) is 1. The second-order valence-corrected chi connectivity index (χ2v) is 10.1. The summed E-state index contributed by atoms with van der Waals surface area (Å²) in [6.07, 6.45) is 1.86. The van der Waals surface area contributed by atoms with E-state index in [1.807, 2.05) is 30.3 Å². The van der Waals surface area contributed by atoms with E-state index < -0.39 is 26.9 Å². The Morgan fingerprint density at radius 2 is 1.96 bits per heavy atom. The van der Waals surface area contributed by atoms with E-state index in [0.717, 1.165) is 16.9 Å². The average molecular weight is 419 g/mol. The number of hydrogen-bond acceptors (Lipinski definition) is 6. The minimum Gasteiger partial charge on any atom is -0.480 e. The third kappa shape index (κ3) is 2.84. The fourth-order valence-electron chi connectivity index (χ4n) is 3.49. The summed E-state index contributed by atoms with van der Waals surface area (Å²) < 4.78 is 29.9. The molecule has 2 atom stereocenters. The highest BCUT2D eigenvalue weighted by Crippen LogP contribution is 2.58. The molecular formula is C18H18N4O4S2. The summed E-state index contributed by atoms with van der Waals surface area (Å²) in [5.41, 5.74) is -1.06. The van der Waals surface area contributed by atoms with E-state index in [1.165, 1.54) is 10.7 Å². The number of thiophene rings is 1. The van der Waals surface area contributed by atoms with E-state index in [-0.39, 0.29) is 10.6 Å². The van der Waals surface area contributed by atoms with Crippen LogP contribution in [0.1, 0.15) is 18.9 Å². The summed E-state index contributed by atoms with van der Waals surface area (Å²) in [7, 11) is -2.31. The molecule has 146 valence electrons. The Morgan fingerprint density at radius 3 is 2.57 bits per heavy atom. The number of carboxylic acids is 1. The van der Waals surface area contributed by atoms with E-state index >= 15 is 0 Å². The number of aryl methyl sites for hydroxylation is 1. The van der Waals surface area contributed by atoms with Gasteiger partial charge in [0.2, 0.25) is 0 Å². The molecule has 1 saturated carbocycles. The molecule has 0 bridgehead atoms. The second-order valence-electron chi connectivity index (χ2n) is 7.09. The first-order valence-corrected chi connectivity index (χ1v) is 10.8. The summed E-state index contributed by atoms with van der Waals surface area (Å²) in [4.78, 5) is 12.7. The van der Waals surface area contributed by atoms with Gasteiger partial charge in [0.15, 0.2) is 0 Å². The van der Waals surface area contributed by atoms with E-state index in [2.05, 4.69) is 15.0 Å². The third-order valence-corrected chi connectivity index (χ3v) is 8.32. The minimum atomic E-state index is -4.03. The van der Waals surface area contributed by atoms with E-state index in [1.54, 1.807) is 26.2 Å². The molecule has 4 rings (SSSR count). The quantitative estimate of drug-likeness (QED) is 0.633. The zero-order chi connectivity index (χ0) is 20.2. The lowest BCUT2D eigenvalue weighted by Gasteiger charge is -2.20. The van der Waals surface area contributed by atoms with E-state index in [0.29, 0.717) is 10.6 Å². The highest BCUT2D eigenvalue weighted by Gasteiger charge is 2.72. The Kier molecular flexibility index (Phi) is 4.18. The van der Waals surface area contributed by atoms with Crippen molar-refractivity contribution >= 4 is 27.3 Å². The van der Waals surface area contributed by atoms with Crippen molar-refractivity contribution in [2.75, 3.05) is 0 Å². The molecule has 28 heavy (non-hydrogen) atoms. The normalized spacial score (nSPS) is 24.2. The molecule has 0 radical (unpaired) electrons. The molecule has 3 aromatic rings. The van der Waals surface area contributed by atoms with Gasteiger partial charge in [0, 0.05) is 12.5 Å². The smallest absolute Gasteiger partial charge is 0.325 e. The van der Waals surface area contributed by atoms with Gasteiger partial charge < -0.3 is 5.11 Å². The van der Waals surface area contributed by atoms with Gasteiger partial charge in [-0.3, -0.25) is 9.48 Å². The van der Waals surface area contributed by atoms with Gasteiger partial charge in [-0.05, 0) is 24.1 Å². The summed E-state index contributed by atoms with van der Waals surface area (Å²) in [6.45, 7) is 1.76. The van der Waals surface area contributed by atoms with Gasteiger partial charge in [-0.2, -0.15) is 4.72 Å². The molecule has 1 aromatic carbocycles. The summed E-state index contributed by atoms with van der Waals surface area (Å²) in [5, 5.41) is 17.7. The Morgan fingerprint density at radius 1 is 1.25 bits per heavy atom. The van der Waals surface area contributed by atoms with Crippen molar-refractivity contribution in [3.8, 4) is 10.6 Å². The molecule has 10 heteroatoms. The third-order valence-electron chi connectivity index (χ3n) is 5.22. The summed E-state index contributed by atoms with van der Waals surface area (Å²) >= 11 is 1.02. The van der Waals surface area contributed by atoms with Crippen LogP contribution >= 0.6 is 11.3 Å². The van der Waals surface area contributed by atoms with E-state index in [4.69, 9.17) is 0 Å². The Bertz CT molecular complexity index is 1160. The molecule has 0 amide bonds. The van der Waals surface area contributed by atoms with Crippen LogP contribution in [0.3, 0.4) is 0 Å². The van der Waals surface area contributed by atoms with Gasteiger partial charge in [-0.15, -0.1) is 16.4 Å². The topological polar surface area (TPSA) is 114 Å². The minimum absolute atomic E-state index is 0.0380. The van der Waals surface area contributed by atoms with Crippen molar-refractivity contribution in [1.82, 2.24) is 19.7 Å². The second kappa shape index (κ2) is 6.23. The molecule has 8 nitrogen and oxygen atoms in total. The maximum atomic E-state index is 13.0. The van der Waals surface area contributed by atoms with Gasteiger partial charge in [-0.25, -0.2) is 8.42 Å². The van der Waals surface area contributed by atoms with Crippen molar-refractivity contribution < 1.29 is 18.3 Å². The summed E-state index contributed by atoms with van der Waals surface area (Å²) in [5.74, 6) is -1.19. The van der Waals surface area contributed by atoms with Crippen LogP contribution in [0.2, 0.25) is 0 Å². The van der Waals surface area contributed by atoms with Gasteiger partial charge in [0.05, 0.1) is 11.1 Å². The Hall–Kier alpha value is -2.56. The van der Waals surface area contributed by atoms with Crippen molar-refractivity contribution in [3.05, 3.63) is 54.2 Å². The largest absolute Gasteiger partial charge is 0.480 e. The molecular weight excluding hydrogens is 400 g/mol. The lowest BCUT2D eigenvalue weighted by atomic mass is 9.93. The van der Waals surface area contributed by atoms with Crippen LogP contribution in [-0.4, -0.2) is 40.0 Å². The first-order valence-electron chi connectivity index (χ1n) is 8.47. The number of aliphatic carboxylic acids is 1. The van der Waals surface area contributed by atoms with Gasteiger partial charge in [0.1, 0.15) is 15.4 Å². The van der Waals surface area contributed by atoms with Crippen LogP contribution in [0.5, 0.6) is 0 Å².